The molecule has 0 saturated carbocycles. The summed E-state index contributed by atoms with van der Waals surface area (Å²) in [7, 11) is 0. The predicted octanol–water partition coefficient (Wildman–Crippen LogP) is 3.98. The number of alkyl halides is 3. The summed E-state index contributed by atoms with van der Waals surface area (Å²) in [4.78, 5) is 25.9. The summed E-state index contributed by atoms with van der Waals surface area (Å²) in [5.41, 5.74) is 0.415. The topological polar surface area (TPSA) is 66.7 Å². The van der Waals surface area contributed by atoms with E-state index in [0.29, 0.717) is 37.4 Å². The summed E-state index contributed by atoms with van der Waals surface area (Å²) in [6, 6.07) is 11.0. The molecule has 2 aromatic carbocycles. The van der Waals surface area contributed by atoms with Crippen molar-refractivity contribution in [3.8, 4) is 0 Å². The lowest BCUT2D eigenvalue weighted by atomic mass is 10.1. The average Bonchev–Trinajstić information content (AvgIpc) is 2.72. The number of piperazine rings is 1. The molecular weight excluding hydrogens is 387 g/mol. The van der Waals surface area contributed by atoms with Crippen molar-refractivity contribution in [3.63, 3.8) is 0 Å². The van der Waals surface area contributed by atoms with Crippen LogP contribution in [0.3, 0.4) is 0 Å². The molecule has 0 atom stereocenters. The van der Waals surface area contributed by atoms with Gasteiger partial charge in [-0.05, 0) is 42.0 Å². The first-order valence-electron chi connectivity index (χ1n) is 8.88. The number of nitro groups is 1. The first-order chi connectivity index (χ1) is 13.7. The van der Waals surface area contributed by atoms with E-state index in [-0.39, 0.29) is 11.6 Å². The van der Waals surface area contributed by atoms with E-state index in [4.69, 9.17) is 0 Å². The van der Waals surface area contributed by atoms with Crippen molar-refractivity contribution >= 4 is 23.4 Å². The van der Waals surface area contributed by atoms with E-state index in [9.17, 15) is 28.1 Å². The van der Waals surface area contributed by atoms with E-state index < -0.39 is 16.7 Å². The Balaban J connectivity index is 1.57. The monoisotopic (exact) mass is 405 g/mol. The molecule has 1 amide bonds. The number of nitrogens with zero attached hydrogens (tertiary/aromatic N) is 3. The van der Waals surface area contributed by atoms with E-state index >= 15 is 0 Å². The van der Waals surface area contributed by atoms with Gasteiger partial charge in [-0.3, -0.25) is 14.9 Å². The van der Waals surface area contributed by atoms with Gasteiger partial charge in [0.2, 0.25) is 5.91 Å². The van der Waals surface area contributed by atoms with Crippen LogP contribution in [0.5, 0.6) is 0 Å². The van der Waals surface area contributed by atoms with Crippen LogP contribution in [0.1, 0.15) is 11.1 Å². The Kier molecular flexibility index (Phi) is 5.86. The number of hydrogen-bond donors (Lipinski definition) is 0. The quantitative estimate of drug-likeness (QED) is 0.439. The Labute approximate surface area is 165 Å². The van der Waals surface area contributed by atoms with Gasteiger partial charge in [-0.2, -0.15) is 13.2 Å². The van der Waals surface area contributed by atoms with Gasteiger partial charge in [0, 0.05) is 50.1 Å². The van der Waals surface area contributed by atoms with Crippen LogP contribution in [-0.4, -0.2) is 41.9 Å². The van der Waals surface area contributed by atoms with Crippen LogP contribution in [-0.2, 0) is 11.0 Å². The number of carbonyl (C=O) groups is 1. The molecule has 6 nitrogen and oxygen atoms in total. The molecule has 0 aliphatic carbocycles. The van der Waals surface area contributed by atoms with Gasteiger partial charge >= 0.3 is 6.18 Å². The second-order valence-electron chi connectivity index (χ2n) is 6.54. The SMILES string of the molecule is O=C(C=Cc1ccc([N+](=O)[O-])cc1)N1CCN(c2cccc(C(F)(F)F)c2)CC1. The highest BCUT2D eigenvalue weighted by Crippen LogP contribution is 2.31. The van der Waals surface area contributed by atoms with Crippen LogP contribution in [0.25, 0.3) is 6.08 Å². The van der Waals surface area contributed by atoms with Crippen molar-refractivity contribution < 1.29 is 22.9 Å². The molecule has 0 radical (unpaired) electrons. The number of non-ortho nitro benzene ring substituents is 1. The lowest BCUT2D eigenvalue weighted by molar-refractivity contribution is -0.384. The van der Waals surface area contributed by atoms with Crippen LogP contribution in [0.15, 0.2) is 54.6 Å². The molecule has 9 heteroatoms. The van der Waals surface area contributed by atoms with Crippen LogP contribution in [0.2, 0.25) is 0 Å². The summed E-state index contributed by atoms with van der Waals surface area (Å²) in [5, 5.41) is 10.6. The average molecular weight is 405 g/mol. The lowest BCUT2D eigenvalue weighted by Gasteiger charge is -2.35. The van der Waals surface area contributed by atoms with Gasteiger partial charge in [0.1, 0.15) is 0 Å². The molecule has 0 bridgehead atoms. The number of halogens is 3. The van der Waals surface area contributed by atoms with Crippen molar-refractivity contribution in [1.29, 1.82) is 0 Å². The molecule has 0 spiro atoms. The molecule has 29 heavy (non-hydrogen) atoms. The number of nitro benzene ring substituents is 1. The first-order valence-corrected chi connectivity index (χ1v) is 8.88. The van der Waals surface area contributed by atoms with Gasteiger partial charge < -0.3 is 9.80 Å². The van der Waals surface area contributed by atoms with Crippen LogP contribution >= 0.6 is 0 Å². The number of amides is 1. The Morgan fingerprint density at radius 3 is 2.28 bits per heavy atom. The van der Waals surface area contributed by atoms with E-state index in [1.54, 1.807) is 29.2 Å². The minimum absolute atomic E-state index is 0.0285. The lowest BCUT2D eigenvalue weighted by Crippen LogP contribution is -2.48. The van der Waals surface area contributed by atoms with E-state index in [2.05, 4.69) is 0 Å². The predicted molar refractivity (Wildman–Crippen MR) is 102 cm³/mol. The van der Waals surface area contributed by atoms with Crippen molar-refractivity contribution in [2.75, 3.05) is 31.1 Å². The standard InChI is InChI=1S/C20H18F3N3O3/c21-20(22,23)16-2-1-3-18(14-16)24-10-12-25(13-11-24)19(27)9-6-15-4-7-17(8-5-15)26(28)29/h1-9,14H,10-13H2. The second kappa shape index (κ2) is 8.34. The highest BCUT2D eigenvalue weighted by Gasteiger charge is 2.31. The fourth-order valence-electron chi connectivity index (χ4n) is 3.04. The highest BCUT2D eigenvalue weighted by molar-refractivity contribution is 5.92. The first kappa shape index (κ1) is 20.4. The third kappa shape index (κ3) is 5.13. The van der Waals surface area contributed by atoms with Crippen molar-refractivity contribution in [3.05, 3.63) is 75.8 Å². The summed E-state index contributed by atoms with van der Waals surface area (Å²) >= 11 is 0. The minimum atomic E-state index is -4.39. The number of hydrogen-bond acceptors (Lipinski definition) is 4. The molecule has 152 valence electrons. The highest BCUT2D eigenvalue weighted by atomic mass is 19.4. The number of carbonyl (C=O) groups excluding carboxylic acids is 1. The zero-order valence-electron chi connectivity index (χ0n) is 15.3. The van der Waals surface area contributed by atoms with Crippen molar-refractivity contribution in [1.82, 2.24) is 4.90 Å². The molecule has 3 rings (SSSR count). The second-order valence-corrected chi connectivity index (χ2v) is 6.54. The molecule has 0 unspecified atom stereocenters. The molecular formula is C20H18F3N3O3. The number of anilines is 1. The van der Waals surface area contributed by atoms with Crippen LogP contribution < -0.4 is 4.90 Å². The summed E-state index contributed by atoms with van der Waals surface area (Å²) in [6.07, 6.45) is -1.43. The maximum atomic E-state index is 12.9. The minimum Gasteiger partial charge on any atom is -0.368 e. The molecule has 1 aliphatic heterocycles. The van der Waals surface area contributed by atoms with Gasteiger partial charge in [-0.1, -0.05) is 6.07 Å². The molecule has 2 aromatic rings. The van der Waals surface area contributed by atoms with E-state index in [1.165, 1.54) is 24.3 Å². The van der Waals surface area contributed by atoms with Gasteiger partial charge in [0.25, 0.3) is 5.69 Å². The van der Waals surface area contributed by atoms with E-state index in [1.807, 2.05) is 4.90 Å². The third-order valence-corrected chi connectivity index (χ3v) is 4.65. The zero-order valence-corrected chi connectivity index (χ0v) is 15.3. The molecule has 0 N–H and O–H groups in total. The van der Waals surface area contributed by atoms with Crippen LogP contribution in [0, 0.1) is 10.1 Å². The number of benzene rings is 2. The fraction of sp³-hybridized carbons (Fsp3) is 0.250. The summed E-state index contributed by atoms with van der Waals surface area (Å²) in [6.45, 7) is 1.64. The molecule has 1 aliphatic rings. The van der Waals surface area contributed by atoms with Gasteiger partial charge in [0.15, 0.2) is 0 Å². The van der Waals surface area contributed by atoms with Crippen LogP contribution in [0.4, 0.5) is 24.5 Å². The Bertz CT molecular complexity index is 919. The zero-order chi connectivity index (χ0) is 21.0. The fourth-order valence-corrected chi connectivity index (χ4v) is 3.04. The molecule has 1 saturated heterocycles. The van der Waals surface area contributed by atoms with Gasteiger partial charge in [0.05, 0.1) is 10.5 Å². The molecule has 1 fully saturated rings. The molecule has 1 heterocycles. The van der Waals surface area contributed by atoms with Gasteiger partial charge in [-0.25, -0.2) is 0 Å². The normalized spacial score (nSPS) is 15.0. The van der Waals surface area contributed by atoms with E-state index in [0.717, 1.165) is 12.1 Å². The third-order valence-electron chi connectivity index (χ3n) is 4.65. The van der Waals surface area contributed by atoms with Gasteiger partial charge in [-0.15, -0.1) is 0 Å². The Morgan fingerprint density at radius 2 is 1.69 bits per heavy atom. The summed E-state index contributed by atoms with van der Waals surface area (Å²) < 4.78 is 38.6. The number of rotatable bonds is 4. The maximum absolute atomic E-state index is 12.9. The van der Waals surface area contributed by atoms with Crippen molar-refractivity contribution in [2.24, 2.45) is 0 Å². The van der Waals surface area contributed by atoms with Crippen molar-refractivity contribution in [2.45, 2.75) is 6.18 Å². The summed E-state index contributed by atoms with van der Waals surface area (Å²) in [5.74, 6) is -0.216. The largest absolute Gasteiger partial charge is 0.416 e. The Morgan fingerprint density at radius 1 is 1.03 bits per heavy atom. The molecule has 0 aromatic heterocycles. The maximum Gasteiger partial charge on any atom is 0.416 e. The smallest absolute Gasteiger partial charge is 0.368 e. The Hall–Kier alpha value is -3.36.